The Labute approximate surface area is 223 Å². The van der Waals surface area contributed by atoms with Crippen molar-refractivity contribution in [3.63, 3.8) is 0 Å². The van der Waals surface area contributed by atoms with E-state index < -0.39 is 67.1 Å². The maximum Gasteiger partial charge on any atom is 0.339 e. The Morgan fingerprint density at radius 1 is 1.10 bits per heavy atom. The summed E-state index contributed by atoms with van der Waals surface area (Å²) in [6.45, 7) is 2.61. The van der Waals surface area contributed by atoms with Crippen LogP contribution in [0.15, 0.2) is 54.8 Å². The first kappa shape index (κ1) is 30.2. The minimum absolute atomic E-state index is 0.0690. The van der Waals surface area contributed by atoms with Crippen LogP contribution in [0.25, 0.3) is 6.08 Å². The lowest BCUT2D eigenvalue weighted by atomic mass is 9.77. The second-order valence-electron chi connectivity index (χ2n) is 8.89. The van der Waals surface area contributed by atoms with Crippen molar-refractivity contribution in [3.05, 3.63) is 60.4 Å². The number of ether oxygens (including phenoxy) is 5. The second kappa shape index (κ2) is 13.2. The zero-order valence-electron chi connectivity index (χ0n) is 21.0. The molecule has 13 heteroatoms. The summed E-state index contributed by atoms with van der Waals surface area (Å²) in [4.78, 5) is 24.6. The molecule has 2 heterocycles. The molecule has 3 rings (SSSR count). The van der Waals surface area contributed by atoms with Crippen molar-refractivity contribution in [1.82, 2.24) is 0 Å². The molecule has 2 aliphatic heterocycles. The van der Waals surface area contributed by atoms with E-state index in [4.69, 9.17) is 23.7 Å². The molecule has 1 aromatic carbocycles. The number of methoxy groups -OCH3 is 1. The number of aromatic hydroxyl groups is 1. The molecule has 0 radical (unpaired) electrons. The summed E-state index contributed by atoms with van der Waals surface area (Å²) in [5, 5.41) is 60.7. The predicted molar refractivity (Wildman–Crippen MR) is 131 cm³/mol. The van der Waals surface area contributed by atoms with E-state index in [9.17, 15) is 40.2 Å². The molecule has 0 amide bonds. The monoisotopic (exact) mass is 552 g/mol. The number of hydrogen-bond donors (Lipinski definition) is 6. The molecule has 2 aliphatic rings. The summed E-state index contributed by atoms with van der Waals surface area (Å²) in [5.41, 5.74) is -1.78. The maximum atomic E-state index is 12.4. The third-order valence-electron chi connectivity index (χ3n) is 6.44. The Hall–Kier alpha value is -3.30. The van der Waals surface area contributed by atoms with Crippen LogP contribution in [0, 0.1) is 5.92 Å². The van der Waals surface area contributed by atoms with E-state index in [1.165, 1.54) is 24.3 Å². The first-order valence-corrected chi connectivity index (χ1v) is 11.9. The van der Waals surface area contributed by atoms with Crippen LogP contribution in [0.4, 0.5) is 0 Å². The Morgan fingerprint density at radius 3 is 2.41 bits per heavy atom. The summed E-state index contributed by atoms with van der Waals surface area (Å²) in [7, 11) is 1.09. The summed E-state index contributed by atoms with van der Waals surface area (Å²) in [6, 6.07) is 6.07. The molecule has 0 bridgehead atoms. The molecule has 13 nitrogen and oxygen atoms in total. The summed E-state index contributed by atoms with van der Waals surface area (Å²) in [5.74, 6) is -2.82. The molecule has 0 aliphatic carbocycles. The highest BCUT2D eigenvalue weighted by Crippen LogP contribution is 2.40. The standard InChI is InChI=1S/C26H32O13/c1-3-16-24(39-25-22(32)21(31)20(30)18(12-27)38-25)37-13-17(23(33)35-2)26(16,34)10-11-36-19(29)9-6-14-4-7-15(28)8-5-14/h3-9,13,16,18,20-22,24-25,27-28,30-32,34H,1,10-12H2,2H3. The smallest absolute Gasteiger partial charge is 0.339 e. The van der Waals surface area contributed by atoms with Gasteiger partial charge in [0.1, 0.15) is 41.3 Å². The fourth-order valence-corrected chi connectivity index (χ4v) is 4.20. The number of aliphatic hydroxyl groups excluding tert-OH is 4. The Kier molecular flexibility index (Phi) is 10.2. The first-order valence-electron chi connectivity index (χ1n) is 11.9. The van der Waals surface area contributed by atoms with Crippen molar-refractivity contribution in [2.24, 2.45) is 5.92 Å². The van der Waals surface area contributed by atoms with Crippen LogP contribution in [0.2, 0.25) is 0 Å². The van der Waals surface area contributed by atoms with Crippen LogP contribution >= 0.6 is 0 Å². The van der Waals surface area contributed by atoms with Crippen molar-refractivity contribution in [2.75, 3.05) is 20.3 Å². The number of esters is 2. The molecule has 0 spiro atoms. The van der Waals surface area contributed by atoms with Crippen LogP contribution < -0.4 is 0 Å². The lowest BCUT2D eigenvalue weighted by Crippen LogP contribution is -2.61. The van der Waals surface area contributed by atoms with Crippen molar-refractivity contribution in [1.29, 1.82) is 0 Å². The van der Waals surface area contributed by atoms with Crippen LogP contribution in [0.1, 0.15) is 12.0 Å². The largest absolute Gasteiger partial charge is 0.508 e. The molecule has 214 valence electrons. The normalized spacial score (nSPS) is 32.7. The van der Waals surface area contributed by atoms with E-state index in [0.717, 1.165) is 19.4 Å². The van der Waals surface area contributed by atoms with E-state index in [1.54, 1.807) is 12.1 Å². The van der Waals surface area contributed by atoms with Gasteiger partial charge in [0, 0.05) is 12.5 Å². The number of aliphatic hydroxyl groups is 5. The minimum Gasteiger partial charge on any atom is -0.508 e. The molecule has 39 heavy (non-hydrogen) atoms. The molecule has 6 N–H and O–H groups in total. The fourth-order valence-electron chi connectivity index (χ4n) is 4.20. The van der Waals surface area contributed by atoms with Gasteiger partial charge in [-0.3, -0.25) is 0 Å². The van der Waals surface area contributed by atoms with E-state index in [0.29, 0.717) is 5.56 Å². The fraction of sp³-hybridized carbons (Fsp3) is 0.462. The molecule has 1 fully saturated rings. The van der Waals surface area contributed by atoms with Gasteiger partial charge < -0.3 is 54.3 Å². The zero-order valence-corrected chi connectivity index (χ0v) is 21.0. The average Bonchev–Trinajstić information content (AvgIpc) is 2.92. The van der Waals surface area contributed by atoms with E-state index in [2.05, 4.69) is 6.58 Å². The number of rotatable bonds is 10. The highest BCUT2D eigenvalue weighted by atomic mass is 16.8. The number of benzene rings is 1. The van der Waals surface area contributed by atoms with Gasteiger partial charge in [-0.05, 0) is 23.8 Å². The zero-order chi connectivity index (χ0) is 28.7. The summed E-state index contributed by atoms with van der Waals surface area (Å²) < 4.78 is 26.4. The Balaban J connectivity index is 1.74. The first-order chi connectivity index (χ1) is 18.5. The highest BCUT2D eigenvalue weighted by Gasteiger charge is 2.53. The van der Waals surface area contributed by atoms with Gasteiger partial charge in [-0.2, -0.15) is 0 Å². The molecule has 8 atom stereocenters. The Morgan fingerprint density at radius 2 is 1.79 bits per heavy atom. The van der Waals surface area contributed by atoms with E-state index in [1.807, 2.05) is 0 Å². The van der Waals surface area contributed by atoms with Gasteiger partial charge >= 0.3 is 11.9 Å². The van der Waals surface area contributed by atoms with Gasteiger partial charge in [-0.15, -0.1) is 6.58 Å². The van der Waals surface area contributed by atoms with Gasteiger partial charge in [0.05, 0.1) is 32.5 Å². The van der Waals surface area contributed by atoms with Crippen molar-refractivity contribution < 1.29 is 63.9 Å². The number of phenols is 1. The number of hydrogen-bond acceptors (Lipinski definition) is 13. The van der Waals surface area contributed by atoms with Crippen LogP contribution in [0.3, 0.4) is 0 Å². The molecule has 1 saturated heterocycles. The maximum absolute atomic E-state index is 12.4. The van der Waals surface area contributed by atoms with Gasteiger partial charge in [0.2, 0.25) is 6.29 Å². The average molecular weight is 553 g/mol. The Bertz CT molecular complexity index is 1070. The third-order valence-corrected chi connectivity index (χ3v) is 6.44. The van der Waals surface area contributed by atoms with Crippen molar-refractivity contribution in [3.8, 4) is 5.75 Å². The van der Waals surface area contributed by atoms with Crippen molar-refractivity contribution in [2.45, 2.75) is 49.0 Å². The van der Waals surface area contributed by atoms with Crippen LogP contribution in [-0.4, -0.2) is 105 Å². The summed E-state index contributed by atoms with van der Waals surface area (Å²) >= 11 is 0. The molecule has 8 unspecified atom stereocenters. The lowest BCUT2D eigenvalue weighted by Gasteiger charge is -2.45. The number of carbonyl (C=O) groups excluding carboxylic acids is 2. The van der Waals surface area contributed by atoms with Gasteiger partial charge in [0.25, 0.3) is 0 Å². The quantitative estimate of drug-likeness (QED) is 0.119. The van der Waals surface area contributed by atoms with E-state index in [-0.39, 0.29) is 24.4 Å². The number of phenolic OH excluding ortho intramolecular Hbond substituents is 1. The molecular weight excluding hydrogens is 520 g/mol. The topological polar surface area (TPSA) is 202 Å². The third kappa shape index (κ3) is 6.83. The SMILES string of the molecule is C=CC1C(OC2OC(CO)C(O)C(O)C2O)OC=C(C(=O)OC)C1(O)CCOC(=O)C=Cc1ccc(O)cc1. The minimum atomic E-state index is -2.09. The highest BCUT2D eigenvalue weighted by molar-refractivity contribution is 5.91. The van der Waals surface area contributed by atoms with Gasteiger partial charge in [-0.1, -0.05) is 18.2 Å². The predicted octanol–water partition coefficient (Wildman–Crippen LogP) is -0.898. The van der Waals surface area contributed by atoms with Crippen molar-refractivity contribution >= 4 is 18.0 Å². The lowest BCUT2D eigenvalue weighted by molar-refractivity contribution is -0.343. The molecule has 0 aromatic heterocycles. The van der Waals surface area contributed by atoms with Crippen LogP contribution in [0.5, 0.6) is 5.75 Å². The van der Waals surface area contributed by atoms with Gasteiger partial charge in [-0.25, -0.2) is 9.59 Å². The van der Waals surface area contributed by atoms with Crippen LogP contribution in [-0.2, 0) is 33.3 Å². The molecular formula is C26H32O13. The second-order valence-corrected chi connectivity index (χ2v) is 8.89. The summed E-state index contributed by atoms with van der Waals surface area (Å²) in [6.07, 6.45) is -5.00. The van der Waals surface area contributed by atoms with E-state index >= 15 is 0 Å². The van der Waals surface area contributed by atoms with Gasteiger partial charge in [0.15, 0.2) is 6.29 Å². The molecule has 1 aromatic rings. The number of carbonyl (C=O) groups is 2. The molecule has 0 saturated carbocycles.